The van der Waals surface area contributed by atoms with Crippen molar-refractivity contribution in [1.82, 2.24) is 5.06 Å². The molecule has 0 radical (unpaired) electrons. The number of hydrogen-bond donors (Lipinski definition) is 2. The maximum Gasteiger partial charge on any atom is 0.332 e. The van der Waals surface area contributed by atoms with Crippen LogP contribution in [0.15, 0.2) is 0 Å². The predicted octanol–water partition coefficient (Wildman–Crippen LogP) is 5.53. The number of nitrogens with zero attached hydrogens (tertiary/aromatic N) is 1. The fraction of sp³-hybridized carbons (Fsp3) is 0.900. The number of nitrogens with one attached hydrogen (secondary N) is 1. The topological polar surface area (TPSA) is 79.4 Å². The van der Waals surface area contributed by atoms with Gasteiger partial charge in [-0.2, -0.15) is 5.06 Å². The van der Waals surface area contributed by atoms with Gasteiger partial charge >= 0.3 is 5.97 Å². The van der Waals surface area contributed by atoms with E-state index in [-0.39, 0.29) is 11.9 Å². The normalized spacial score (nSPS) is 10.6. The summed E-state index contributed by atoms with van der Waals surface area (Å²) >= 11 is 0. The molecule has 0 aromatic heterocycles. The third-order valence-corrected chi connectivity index (χ3v) is 4.56. The first-order chi connectivity index (χ1) is 12.1. The average Bonchev–Trinajstić information content (AvgIpc) is 2.58. The molecule has 0 bridgehead atoms. The van der Waals surface area contributed by atoms with E-state index in [0.29, 0.717) is 6.42 Å². The minimum absolute atomic E-state index is 0.259. The van der Waals surface area contributed by atoms with Gasteiger partial charge in [0, 0.05) is 13.5 Å². The molecule has 0 aromatic rings. The summed E-state index contributed by atoms with van der Waals surface area (Å²) in [6.45, 7) is 2.27. The van der Waals surface area contributed by atoms with E-state index in [2.05, 4.69) is 6.92 Å². The highest BCUT2D eigenvalue weighted by Gasteiger charge is 2.08. The SMILES string of the molecule is CCCCCCCCCCCCCCCCCC(=O)ON(C)C(=N)N. The number of unbranched alkanes of at least 4 members (excludes halogenated alkanes) is 14. The molecule has 0 spiro atoms. The highest BCUT2D eigenvalue weighted by molar-refractivity contribution is 5.76. The van der Waals surface area contributed by atoms with Crippen LogP contribution in [0.1, 0.15) is 110 Å². The maximum absolute atomic E-state index is 11.5. The predicted molar refractivity (Wildman–Crippen MR) is 105 cm³/mol. The number of hydrogen-bond acceptors (Lipinski definition) is 3. The lowest BCUT2D eigenvalue weighted by atomic mass is 10.0. The summed E-state index contributed by atoms with van der Waals surface area (Å²) in [6, 6.07) is 0. The molecule has 0 unspecified atom stereocenters. The molecule has 0 saturated carbocycles. The lowest BCUT2D eigenvalue weighted by Crippen LogP contribution is -2.34. The van der Waals surface area contributed by atoms with Crippen molar-refractivity contribution >= 4 is 11.9 Å². The molecule has 5 nitrogen and oxygen atoms in total. The third kappa shape index (κ3) is 17.4. The third-order valence-electron chi connectivity index (χ3n) is 4.56. The van der Waals surface area contributed by atoms with Crippen LogP contribution in [0.3, 0.4) is 0 Å². The van der Waals surface area contributed by atoms with Gasteiger partial charge in [-0.15, -0.1) is 0 Å². The zero-order valence-corrected chi connectivity index (χ0v) is 16.7. The van der Waals surface area contributed by atoms with E-state index in [9.17, 15) is 4.79 Å². The Hall–Kier alpha value is -1.26. The minimum atomic E-state index is -0.313. The summed E-state index contributed by atoms with van der Waals surface area (Å²) in [5.74, 6) is -0.572. The van der Waals surface area contributed by atoms with Crippen molar-refractivity contribution < 1.29 is 9.63 Å². The highest BCUT2D eigenvalue weighted by Crippen LogP contribution is 2.13. The summed E-state index contributed by atoms with van der Waals surface area (Å²) in [5.41, 5.74) is 5.20. The largest absolute Gasteiger partial charge is 0.368 e. The van der Waals surface area contributed by atoms with Gasteiger partial charge in [0.15, 0.2) is 0 Å². The van der Waals surface area contributed by atoms with Gasteiger partial charge in [-0.3, -0.25) is 5.41 Å². The molecular formula is C20H41N3O2. The second-order valence-corrected chi connectivity index (χ2v) is 7.05. The molecular weight excluding hydrogens is 314 g/mol. The summed E-state index contributed by atoms with van der Waals surface area (Å²) in [7, 11) is 1.46. The van der Waals surface area contributed by atoms with Crippen LogP contribution in [0.4, 0.5) is 0 Å². The number of carbonyl (C=O) groups excluding carboxylic acids is 1. The Morgan fingerprint density at radius 3 is 1.52 bits per heavy atom. The molecule has 3 N–H and O–H groups in total. The van der Waals surface area contributed by atoms with Gasteiger partial charge in [0.05, 0.1) is 0 Å². The van der Waals surface area contributed by atoms with Crippen LogP contribution >= 0.6 is 0 Å². The van der Waals surface area contributed by atoms with Gasteiger partial charge in [0.1, 0.15) is 0 Å². The first-order valence-corrected chi connectivity index (χ1v) is 10.4. The quantitative estimate of drug-likeness (QED) is 0.165. The Balaban J connectivity index is 3.19. The van der Waals surface area contributed by atoms with Gasteiger partial charge < -0.3 is 10.6 Å². The maximum atomic E-state index is 11.5. The molecule has 0 heterocycles. The summed E-state index contributed by atoms with van der Waals surface area (Å²) < 4.78 is 0. The van der Waals surface area contributed by atoms with E-state index in [0.717, 1.165) is 17.9 Å². The van der Waals surface area contributed by atoms with Crippen molar-refractivity contribution in [1.29, 1.82) is 5.41 Å². The van der Waals surface area contributed by atoms with E-state index < -0.39 is 0 Å². The van der Waals surface area contributed by atoms with E-state index in [1.54, 1.807) is 0 Å². The van der Waals surface area contributed by atoms with E-state index in [1.807, 2.05) is 0 Å². The van der Waals surface area contributed by atoms with Crippen LogP contribution < -0.4 is 5.73 Å². The standard InChI is InChI=1S/C20H41N3O2/c1-3-4-5-6-7-8-9-10-11-12-13-14-15-16-17-18-19(24)25-23(2)20(21)22/h3-18H2,1-2H3,(H3,21,22). The Morgan fingerprint density at radius 1 is 0.800 bits per heavy atom. The van der Waals surface area contributed by atoms with Gasteiger partial charge in [-0.1, -0.05) is 96.8 Å². The molecule has 0 rings (SSSR count). The van der Waals surface area contributed by atoms with Crippen LogP contribution in [0, 0.1) is 5.41 Å². The van der Waals surface area contributed by atoms with Crippen LogP contribution in [0.25, 0.3) is 0 Å². The van der Waals surface area contributed by atoms with Crippen LogP contribution in [-0.2, 0) is 9.63 Å². The Kier molecular flexibility index (Phi) is 16.7. The fourth-order valence-electron chi connectivity index (χ4n) is 2.89. The van der Waals surface area contributed by atoms with Crippen LogP contribution in [-0.4, -0.2) is 24.0 Å². The summed E-state index contributed by atoms with van der Waals surface area (Å²) in [5, 5.41) is 8.11. The molecule has 0 atom stereocenters. The van der Waals surface area contributed by atoms with E-state index >= 15 is 0 Å². The minimum Gasteiger partial charge on any atom is -0.368 e. The van der Waals surface area contributed by atoms with Gasteiger partial charge in [0.2, 0.25) is 5.96 Å². The number of guanidine groups is 1. The summed E-state index contributed by atoms with van der Waals surface area (Å²) in [4.78, 5) is 16.4. The molecule has 0 fully saturated rings. The van der Waals surface area contributed by atoms with E-state index in [1.165, 1.54) is 90.5 Å². The molecule has 25 heavy (non-hydrogen) atoms. The first-order valence-electron chi connectivity index (χ1n) is 10.4. The monoisotopic (exact) mass is 355 g/mol. The number of rotatable bonds is 16. The van der Waals surface area contributed by atoms with Crippen molar-refractivity contribution in [3.63, 3.8) is 0 Å². The number of nitrogens with two attached hydrogens (primary N) is 1. The second-order valence-electron chi connectivity index (χ2n) is 7.05. The molecule has 0 aliphatic rings. The van der Waals surface area contributed by atoms with E-state index in [4.69, 9.17) is 16.0 Å². The average molecular weight is 356 g/mol. The lowest BCUT2D eigenvalue weighted by molar-refractivity contribution is -0.169. The second kappa shape index (κ2) is 17.6. The van der Waals surface area contributed by atoms with Gasteiger partial charge in [-0.25, -0.2) is 4.79 Å². The first kappa shape index (κ1) is 23.7. The van der Waals surface area contributed by atoms with Crippen LogP contribution in [0.5, 0.6) is 0 Å². The Morgan fingerprint density at radius 2 is 1.16 bits per heavy atom. The molecule has 148 valence electrons. The van der Waals surface area contributed by atoms with Crippen molar-refractivity contribution in [2.45, 2.75) is 110 Å². The Bertz CT molecular complexity index is 335. The van der Waals surface area contributed by atoms with Gasteiger partial charge in [-0.05, 0) is 6.42 Å². The van der Waals surface area contributed by atoms with Crippen molar-refractivity contribution in [2.75, 3.05) is 7.05 Å². The highest BCUT2D eigenvalue weighted by atomic mass is 16.7. The van der Waals surface area contributed by atoms with Gasteiger partial charge in [0.25, 0.3) is 0 Å². The molecule has 0 aliphatic carbocycles. The van der Waals surface area contributed by atoms with Crippen molar-refractivity contribution in [3.8, 4) is 0 Å². The smallest absolute Gasteiger partial charge is 0.332 e. The Labute approximate surface area is 155 Å². The zero-order chi connectivity index (χ0) is 18.8. The summed E-state index contributed by atoms with van der Waals surface area (Å²) in [6.07, 6.45) is 20.0. The molecule has 5 heteroatoms. The van der Waals surface area contributed by atoms with Crippen LogP contribution in [0.2, 0.25) is 0 Å². The van der Waals surface area contributed by atoms with Crippen molar-refractivity contribution in [3.05, 3.63) is 0 Å². The molecule has 0 aromatic carbocycles. The molecule has 0 amide bonds. The van der Waals surface area contributed by atoms with Crippen molar-refractivity contribution in [2.24, 2.45) is 5.73 Å². The molecule has 0 aliphatic heterocycles. The number of hydroxylamine groups is 2. The lowest BCUT2D eigenvalue weighted by Gasteiger charge is -2.15. The zero-order valence-electron chi connectivity index (χ0n) is 16.7. The fourth-order valence-corrected chi connectivity index (χ4v) is 2.89. The number of carbonyl (C=O) groups is 1. The molecule has 0 saturated heterocycles.